The normalized spacial score (nSPS) is 11.9. The smallest absolute Gasteiger partial charge is 0.308 e. The zero-order valence-corrected chi connectivity index (χ0v) is 12.3. The van der Waals surface area contributed by atoms with Crippen molar-refractivity contribution in [1.29, 1.82) is 0 Å². The van der Waals surface area contributed by atoms with Gasteiger partial charge in [0.1, 0.15) is 0 Å². The molecule has 0 bridgehead atoms. The minimum Gasteiger partial charge on any atom is -0.481 e. The van der Waals surface area contributed by atoms with Gasteiger partial charge in [0.2, 0.25) is 0 Å². The Morgan fingerprint density at radius 2 is 2.21 bits per heavy atom. The van der Waals surface area contributed by atoms with Crippen molar-refractivity contribution in [2.45, 2.75) is 13.8 Å². The van der Waals surface area contributed by atoms with E-state index in [-0.39, 0.29) is 5.69 Å². The van der Waals surface area contributed by atoms with Gasteiger partial charge in [-0.05, 0) is 28.9 Å². The van der Waals surface area contributed by atoms with Gasteiger partial charge >= 0.3 is 5.97 Å². The number of aliphatic carboxylic acids is 1. The molecule has 0 amide bonds. The lowest BCUT2D eigenvalue weighted by atomic mass is 10.1. The van der Waals surface area contributed by atoms with E-state index in [2.05, 4.69) is 15.9 Å². The molecule has 0 saturated heterocycles. The Morgan fingerprint density at radius 1 is 1.58 bits per heavy atom. The largest absolute Gasteiger partial charge is 0.481 e. The molecule has 0 radical (unpaired) electrons. The Hall–Kier alpha value is -1.63. The number of halogens is 1. The van der Waals surface area contributed by atoms with Crippen LogP contribution in [0.15, 0.2) is 22.7 Å². The number of anilines is 1. The predicted molar refractivity (Wildman–Crippen MR) is 75.5 cm³/mol. The highest BCUT2D eigenvalue weighted by Crippen LogP contribution is 2.30. The first-order valence-corrected chi connectivity index (χ1v) is 6.57. The van der Waals surface area contributed by atoms with Crippen molar-refractivity contribution in [3.05, 3.63) is 32.8 Å². The van der Waals surface area contributed by atoms with Crippen LogP contribution < -0.4 is 4.90 Å². The number of benzene rings is 1. The highest BCUT2D eigenvalue weighted by atomic mass is 79.9. The number of rotatable bonds is 6. The van der Waals surface area contributed by atoms with Crippen molar-refractivity contribution in [2.75, 3.05) is 18.0 Å². The van der Waals surface area contributed by atoms with Crippen LogP contribution in [0.4, 0.5) is 11.4 Å². The van der Waals surface area contributed by atoms with Crippen LogP contribution in [-0.4, -0.2) is 29.1 Å². The van der Waals surface area contributed by atoms with Crippen LogP contribution in [0.25, 0.3) is 0 Å². The van der Waals surface area contributed by atoms with Crippen molar-refractivity contribution in [3.8, 4) is 0 Å². The fourth-order valence-corrected chi connectivity index (χ4v) is 2.29. The summed E-state index contributed by atoms with van der Waals surface area (Å²) in [5.74, 6) is -1.38. The fraction of sp³-hybridized carbons (Fsp3) is 0.417. The second-order valence-electron chi connectivity index (χ2n) is 4.17. The molecule has 1 unspecified atom stereocenters. The van der Waals surface area contributed by atoms with Crippen LogP contribution in [0, 0.1) is 16.0 Å². The Bertz CT molecular complexity index is 493. The SMILES string of the molecule is CCN(CC(C)C(=O)O)c1ccc([N+](=O)[O-])cc1Br. The van der Waals surface area contributed by atoms with E-state index in [1.165, 1.54) is 12.1 Å². The lowest BCUT2D eigenvalue weighted by Gasteiger charge is -2.26. The van der Waals surface area contributed by atoms with Gasteiger partial charge in [0, 0.05) is 29.7 Å². The van der Waals surface area contributed by atoms with E-state index in [0.29, 0.717) is 17.6 Å². The molecule has 1 aromatic rings. The zero-order valence-electron chi connectivity index (χ0n) is 10.7. The highest BCUT2D eigenvalue weighted by Gasteiger charge is 2.18. The summed E-state index contributed by atoms with van der Waals surface area (Å²) in [5.41, 5.74) is 0.749. The van der Waals surface area contributed by atoms with E-state index in [1.54, 1.807) is 13.0 Å². The highest BCUT2D eigenvalue weighted by molar-refractivity contribution is 9.10. The van der Waals surface area contributed by atoms with Crippen molar-refractivity contribution in [2.24, 2.45) is 5.92 Å². The monoisotopic (exact) mass is 330 g/mol. The van der Waals surface area contributed by atoms with Crippen LogP contribution in [0.1, 0.15) is 13.8 Å². The van der Waals surface area contributed by atoms with E-state index >= 15 is 0 Å². The molecule has 1 aromatic carbocycles. The second kappa shape index (κ2) is 6.51. The summed E-state index contributed by atoms with van der Waals surface area (Å²) in [6, 6.07) is 4.46. The third-order valence-electron chi connectivity index (χ3n) is 2.78. The molecular weight excluding hydrogens is 316 g/mol. The van der Waals surface area contributed by atoms with Crippen molar-refractivity contribution >= 4 is 33.3 Å². The Kier molecular flexibility index (Phi) is 5.29. The summed E-state index contributed by atoms with van der Waals surface area (Å²) < 4.78 is 0.584. The molecular formula is C12H15BrN2O4. The van der Waals surface area contributed by atoms with Crippen LogP contribution in [0.5, 0.6) is 0 Å². The Labute approximate surface area is 119 Å². The molecule has 7 heteroatoms. The van der Waals surface area contributed by atoms with E-state index in [0.717, 1.165) is 5.69 Å². The Morgan fingerprint density at radius 3 is 2.63 bits per heavy atom. The summed E-state index contributed by atoms with van der Waals surface area (Å²) >= 11 is 3.29. The first-order valence-electron chi connectivity index (χ1n) is 5.78. The lowest BCUT2D eigenvalue weighted by molar-refractivity contribution is -0.384. The number of hydrogen-bond donors (Lipinski definition) is 1. The second-order valence-corrected chi connectivity index (χ2v) is 5.03. The van der Waals surface area contributed by atoms with Gasteiger partial charge in [-0.25, -0.2) is 0 Å². The number of carbonyl (C=O) groups is 1. The van der Waals surface area contributed by atoms with Gasteiger partial charge in [-0.15, -0.1) is 0 Å². The molecule has 1 N–H and O–H groups in total. The lowest BCUT2D eigenvalue weighted by Crippen LogP contribution is -2.31. The first kappa shape index (κ1) is 15.4. The van der Waals surface area contributed by atoms with Crippen LogP contribution >= 0.6 is 15.9 Å². The molecule has 0 aliphatic heterocycles. The summed E-state index contributed by atoms with van der Waals surface area (Å²) in [4.78, 5) is 22.9. The molecule has 1 atom stereocenters. The van der Waals surface area contributed by atoms with Crippen LogP contribution in [0.3, 0.4) is 0 Å². The van der Waals surface area contributed by atoms with Crippen molar-refractivity contribution < 1.29 is 14.8 Å². The summed E-state index contributed by atoms with van der Waals surface area (Å²) in [7, 11) is 0. The van der Waals surface area contributed by atoms with Crippen LogP contribution in [-0.2, 0) is 4.79 Å². The quantitative estimate of drug-likeness (QED) is 0.640. The van der Waals surface area contributed by atoms with E-state index in [4.69, 9.17) is 5.11 Å². The predicted octanol–water partition coefficient (Wildman–Crippen LogP) is 2.90. The standard InChI is InChI=1S/C12H15BrN2O4/c1-3-14(7-8(2)12(16)17)11-5-4-9(15(18)19)6-10(11)13/h4-6,8H,3,7H2,1-2H3,(H,16,17). The number of hydrogen-bond acceptors (Lipinski definition) is 4. The maximum absolute atomic E-state index is 10.9. The average molecular weight is 331 g/mol. The van der Waals surface area contributed by atoms with Crippen molar-refractivity contribution in [1.82, 2.24) is 0 Å². The maximum Gasteiger partial charge on any atom is 0.308 e. The first-order chi connectivity index (χ1) is 8.86. The van der Waals surface area contributed by atoms with Gasteiger partial charge < -0.3 is 10.0 Å². The summed E-state index contributed by atoms with van der Waals surface area (Å²) in [6.45, 7) is 4.50. The van der Waals surface area contributed by atoms with Gasteiger partial charge in [-0.3, -0.25) is 14.9 Å². The molecule has 0 saturated carbocycles. The fourth-order valence-electron chi connectivity index (χ4n) is 1.67. The van der Waals surface area contributed by atoms with E-state index in [9.17, 15) is 14.9 Å². The Balaban J connectivity index is 2.99. The summed E-state index contributed by atoms with van der Waals surface area (Å²) in [6.07, 6.45) is 0. The van der Waals surface area contributed by atoms with Gasteiger partial charge in [0.25, 0.3) is 5.69 Å². The molecule has 0 fully saturated rings. The number of carboxylic acid groups (broad SMARTS) is 1. The van der Waals surface area contributed by atoms with Crippen LogP contribution in [0.2, 0.25) is 0 Å². The molecule has 0 aliphatic rings. The molecule has 0 heterocycles. The van der Waals surface area contributed by atoms with E-state index in [1.807, 2.05) is 11.8 Å². The van der Waals surface area contributed by atoms with Gasteiger partial charge in [0.05, 0.1) is 16.5 Å². The van der Waals surface area contributed by atoms with Gasteiger partial charge in [-0.1, -0.05) is 6.92 Å². The molecule has 104 valence electrons. The minimum absolute atomic E-state index is 0.00189. The maximum atomic E-state index is 10.9. The topological polar surface area (TPSA) is 83.7 Å². The molecule has 1 rings (SSSR count). The zero-order chi connectivity index (χ0) is 14.6. The number of non-ortho nitro benzene ring substituents is 1. The molecule has 19 heavy (non-hydrogen) atoms. The van der Waals surface area contributed by atoms with E-state index < -0.39 is 16.8 Å². The third-order valence-corrected chi connectivity index (χ3v) is 3.42. The van der Waals surface area contributed by atoms with Gasteiger partial charge in [-0.2, -0.15) is 0 Å². The molecule has 0 spiro atoms. The molecule has 6 nitrogen and oxygen atoms in total. The number of nitro groups is 1. The summed E-state index contributed by atoms with van der Waals surface area (Å²) in [5, 5.41) is 19.6. The molecule has 0 aliphatic carbocycles. The third kappa shape index (κ3) is 3.92. The van der Waals surface area contributed by atoms with Gasteiger partial charge in [0.15, 0.2) is 0 Å². The number of nitro benzene ring substituents is 1. The number of nitrogens with zero attached hydrogens (tertiary/aromatic N) is 2. The average Bonchev–Trinajstić information content (AvgIpc) is 2.35. The minimum atomic E-state index is -0.864. The molecule has 0 aromatic heterocycles. The number of carboxylic acids is 1. The van der Waals surface area contributed by atoms with Crippen molar-refractivity contribution in [3.63, 3.8) is 0 Å².